The van der Waals surface area contributed by atoms with Crippen LogP contribution in [0.25, 0.3) is 0 Å². The molecular weight excluding hydrogens is 158 g/mol. The number of hydrogen-bond acceptors (Lipinski definition) is 4. The number of rotatable bonds is 3. The average Bonchev–Trinajstić information content (AvgIpc) is 1.99. The highest BCUT2D eigenvalue weighted by molar-refractivity contribution is 5.81. The summed E-state index contributed by atoms with van der Waals surface area (Å²) < 4.78 is 4.33. The molecule has 0 aliphatic heterocycles. The molecule has 0 aromatic carbocycles. The fraction of sp³-hybridized carbons (Fsp3) is 0.625. The van der Waals surface area contributed by atoms with Gasteiger partial charge in [0.2, 0.25) is 0 Å². The van der Waals surface area contributed by atoms with Crippen molar-refractivity contribution in [1.29, 1.82) is 0 Å². The zero-order valence-electron chi connectivity index (χ0n) is 7.91. The Kier molecular flexibility index (Phi) is 11.6. The van der Waals surface area contributed by atoms with E-state index in [1.165, 1.54) is 0 Å². The summed E-state index contributed by atoms with van der Waals surface area (Å²) in [6.45, 7) is 3.06. The SMILES string of the molecule is C=CC(=O)OCCO.CN(C)C. The molecule has 1 N–H and O–H groups in total. The predicted molar refractivity (Wildman–Crippen MR) is 47.9 cm³/mol. The molecule has 72 valence electrons. The average molecular weight is 175 g/mol. The van der Waals surface area contributed by atoms with Gasteiger partial charge in [-0.05, 0) is 21.1 Å². The van der Waals surface area contributed by atoms with Crippen molar-refractivity contribution in [2.24, 2.45) is 0 Å². The van der Waals surface area contributed by atoms with Gasteiger partial charge in [-0.1, -0.05) is 6.58 Å². The number of aliphatic hydroxyl groups is 1. The second kappa shape index (κ2) is 10.1. The number of aliphatic hydroxyl groups excluding tert-OH is 1. The van der Waals surface area contributed by atoms with E-state index in [1.807, 2.05) is 26.0 Å². The molecule has 0 fully saturated rings. The van der Waals surface area contributed by atoms with E-state index < -0.39 is 5.97 Å². The summed E-state index contributed by atoms with van der Waals surface area (Å²) in [5.74, 6) is -0.501. The van der Waals surface area contributed by atoms with E-state index in [0.29, 0.717) is 0 Å². The van der Waals surface area contributed by atoms with Gasteiger partial charge in [-0.15, -0.1) is 0 Å². The van der Waals surface area contributed by atoms with Crippen LogP contribution in [0.2, 0.25) is 0 Å². The molecule has 0 heterocycles. The monoisotopic (exact) mass is 175 g/mol. The van der Waals surface area contributed by atoms with Crippen LogP contribution >= 0.6 is 0 Å². The first-order valence-corrected chi connectivity index (χ1v) is 3.55. The maximum atomic E-state index is 10.1. The van der Waals surface area contributed by atoms with Crippen LogP contribution in [0.1, 0.15) is 0 Å². The quantitative estimate of drug-likeness (QED) is 0.480. The van der Waals surface area contributed by atoms with Crippen molar-refractivity contribution in [2.75, 3.05) is 34.4 Å². The molecule has 0 spiro atoms. The van der Waals surface area contributed by atoms with Gasteiger partial charge in [-0.25, -0.2) is 4.79 Å². The second-order valence-corrected chi connectivity index (χ2v) is 2.44. The third-order valence-corrected chi connectivity index (χ3v) is 0.502. The fourth-order valence-corrected chi connectivity index (χ4v) is 0.205. The summed E-state index contributed by atoms with van der Waals surface area (Å²) in [5.41, 5.74) is 0. The molecule has 0 rings (SSSR count). The van der Waals surface area contributed by atoms with Crippen molar-refractivity contribution in [2.45, 2.75) is 0 Å². The molecule has 0 radical (unpaired) electrons. The predicted octanol–water partition coefficient (Wildman–Crippen LogP) is -0.114. The lowest BCUT2D eigenvalue weighted by atomic mass is 10.6. The third-order valence-electron chi connectivity index (χ3n) is 0.502. The van der Waals surface area contributed by atoms with Crippen LogP contribution in [0.15, 0.2) is 12.7 Å². The lowest BCUT2D eigenvalue weighted by Crippen LogP contribution is -2.04. The lowest BCUT2D eigenvalue weighted by Gasteiger charge is -1.94. The summed E-state index contributed by atoms with van der Waals surface area (Å²) in [6, 6.07) is 0. The highest BCUT2D eigenvalue weighted by Gasteiger charge is 1.90. The van der Waals surface area contributed by atoms with E-state index in [0.717, 1.165) is 6.08 Å². The largest absolute Gasteiger partial charge is 0.460 e. The molecule has 0 aliphatic carbocycles. The van der Waals surface area contributed by atoms with Crippen molar-refractivity contribution in [3.8, 4) is 0 Å². The maximum Gasteiger partial charge on any atom is 0.330 e. The summed E-state index contributed by atoms with van der Waals surface area (Å²) in [5, 5.41) is 8.10. The topological polar surface area (TPSA) is 49.8 Å². The van der Waals surface area contributed by atoms with Gasteiger partial charge in [0.25, 0.3) is 0 Å². The van der Waals surface area contributed by atoms with Crippen molar-refractivity contribution >= 4 is 5.97 Å². The molecule has 0 amide bonds. The minimum Gasteiger partial charge on any atom is -0.460 e. The zero-order valence-corrected chi connectivity index (χ0v) is 7.91. The Bertz CT molecular complexity index is 121. The lowest BCUT2D eigenvalue weighted by molar-refractivity contribution is -0.138. The van der Waals surface area contributed by atoms with Gasteiger partial charge in [0.1, 0.15) is 6.61 Å². The van der Waals surface area contributed by atoms with Crippen LogP contribution in [0.5, 0.6) is 0 Å². The molecule has 0 saturated heterocycles. The molecule has 0 saturated carbocycles. The van der Waals surface area contributed by atoms with E-state index in [4.69, 9.17) is 5.11 Å². The Morgan fingerprint density at radius 1 is 1.58 bits per heavy atom. The fourth-order valence-electron chi connectivity index (χ4n) is 0.205. The molecule has 4 nitrogen and oxygen atoms in total. The minimum atomic E-state index is -0.501. The van der Waals surface area contributed by atoms with E-state index in [-0.39, 0.29) is 13.2 Å². The maximum absolute atomic E-state index is 10.1. The normalized spacial score (nSPS) is 8.42. The summed E-state index contributed by atoms with van der Waals surface area (Å²) in [6.07, 6.45) is 1.05. The van der Waals surface area contributed by atoms with Crippen LogP contribution < -0.4 is 0 Å². The number of carbonyl (C=O) groups excluding carboxylic acids is 1. The first-order valence-electron chi connectivity index (χ1n) is 3.55. The van der Waals surface area contributed by atoms with Gasteiger partial charge in [-0.3, -0.25) is 0 Å². The number of ether oxygens (including phenoxy) is 1. The molecule has 0 aliphatic rings. The Balaban J connectivity index is 0. The second-order valence-electron chi connectivity index (χ2n) is 2.44. The van der Waals surface area contributed by atoms with Gasteiger partial charge in [0.05, 0.1) is 6.61 Å². The molecule has 0 unspecified atom stereocenters. The van der Waals surface area contributed by atoms with Crippen molar-refractivity contribution in [3.63, 3.8) is 0 Å². The zero-order chi connectivity index (χ0) is 9.98. The van der Waals surface area contributed by atoms with Crippen LogP contribution in [0, 0.1) is 0 Å². The van der Waals surface area contributed by atoms with Crippen molar-refractivity contribution in [1.82, 2.24) is 4.90 Å². The molecule has 4 heteroatoms. The Morgan fingerprint density at radius 2 is 2.00 bits per heavy atom. The number of hydrogen-bond donors (Lipinski definition) is 1. The minimum absolute atomic E-state index is 0.0465. The highest BCUT2D eigenvalue weighted by Crippen LogP contribution is 1.75. The van der Waals surface area contributed by atoms with Crippen molar-refractivity contribution < 1.29 is 14.6 Å². The van der Waals surface area contributed by atoms with Gasteiger partial charge in [0.15, 0.2) is 0 Å². The van der Waals surface area contributed by atoms with Gasteiger partial charge >= 0.3 is 5.97 Å². The number of esters is 1. The van der Waals surface area contributed by atoms with Gasteiger partial charge in [-0.2, -0.15) is 0 Å². The molecular formula is C8H17NO3. The smallest absolute Gasteiger partial charge is 0.330 e. The van der Waals surface area contributed by atoms with Crippen LogP contribution in [-0.2, 0) is 9.53 Å². The van der Waals surface area contributed by atoms with Crippen molar-refractivity contribution in [3.05, 3.63) is 12.7 Å². The van der Waals surface area contributed by atoms with Crippen LogP contribution in [0.4, 0.5) is 0 Å². The third kappa shape index (κ3) is 22.9. The summed E-state index contributed by atoms with van der Waals surface area (Å²) in [7, 11) is 6.00. The Labute approximate surface area is 73.4 Å². The van der Waals surface area contributed by atoms with E-state index in [2.05, 4.69) is 11.3 Å². The summed E-state index contributed by atoms with van der Waals surface area (Å²) >= 11 is 0. The molecule has 0 aromatic heterocycles. The molecule has 0 atom stereocenters. The van der Waals surface area contributed by atoms with Crippen LogP contribution in [-0.4, -0.2) is 50.3 Å². The Morgan fingerprint density at radius 3 is 2.25 bits per heavy atom. The van der Waals surface area contributed by atoms with E-state index in [1.54, 1.807) is 0 Å². The molecule has 0 aromatic rings. The van der Waals surface area contributed by atoms with E-state index in [9.17, 15) is 4.79 Å². The standard InChI is InChI=1S/C5H8O3.C3H9N/c1-2-5(7)8-4-3-6;1-4(2)3/h2,6H,1,3-4H2;1-3H3. The number of carbonyl (C=O) groups is 1. The van der Waals surface area contributed by atoms with Gasteiger partial charge in [0, 0.05) is 6.08 Å². The Hall–Kier alpha value is -0.870. The number of nitrogens with zero attached hydrogens (tertiary/aromatic N) is 1. The molecule has 12 heavy (non-hydrogen) atoms. The first-order chi connectivity index (χ1) is 5.54. The first kappa shape index (κ1) is 13.7. The molecule has 0 bridgehead atoms. The summed E-state index contributed by atoms with van der Waals surface area (Å²) in [4.78, 5) is 12.1. The van der Waals surface area contributed by atoms with Gasteiger partial charge < -0.3 is 14.7 Å². The highest BCUT2D eigenvalue weighted by atomic mass is 16.5. The van der Waals surface area contributed by atoms with E-state index >= 15 is 0 Å². The van der Waals surface area contributed by atoms with Crippen LogP contribution in [0.3, 0.4) is 0 Å².